The highest BCUT2D eigenvalue weighted by Gasteiger charge is 2.20. The van der Waals surface area contributed by atoms with E-state index in [1.54, 1.807) is 18.2 Å². The predicted octanol–water partition coefficient (Wildman–Crippen LogP) is 2.15. The maximum absolute atomic E-state index is 11.8. The van der Waals surface area contributed by atoms with Crippen molar-refractivity contribution < 1.29 is 22.4 Å². The van der Waals surface area contributed by atoms with Crippen molar-refractivity contribution in [2.75, 3.05) is 18.1 Å². The second kappa shape index (κ2) is 5.16. The third kappa shape index (κ3) is 2.77. The molecule has 0 aliphatic heterocycles. The number of sulfonamides is 1. The van der Waals surface area contributed by atoms with Gasteiger partial charge in [0, 0.05) is 17.5 Å². The lowest BCUT2D eigenvalue weighted by Gasteiger charge is -2.03. The zero-order valence-electron chi connectivity index (χ0n) is 11.4. The van der Waals surface area contributed by atoms with Crippen molar-refractivity contribution in [3.63, 3.8) is 0 Å². The summed E-state index contributed by atoms with van der Waals surface area (Å²) in [6.45, 7) is 1.86. The minimum atomic E-state index is -3.38. The molecule has 2 aromatic rings. The Labute approximate surface area is 116 Å². The molecule has 1 aromatic carbocycles. The van der Waals surface area contributed by atoms with Crippen LogP contribution in [0.25, 0.3) is 11.0 Å². The van der Waals surface area contributed by atoms with Gasteiger partial charge in [-0.05, 0) is 18.2 Å². The molecule has 0 atom stereocenters. The summed E-state index contributed by atoms with van der Waals surface area (Å²) in [6.07, 6.45) is 1.60. The number of hydrogen-bond donors (Lipinski definition) is 1. The standard InChI is InChI=1S/C13H15NO5S/c1-4-10-12(13(15)18-2)9-7-8(14-20(3,16)17)5-6-11(9)19-10/h5-7,14H,4H2,1-3H3. The van der Waals surface area contributed by atoms with Gasteiger partial charge >= 0.3 is 5.97 Å². The normalized spacial score (nSPS) is 11.6. The summed E-state index contributed by atoms with van der Waals surface area (Å²) in [4.78, 5) is 11.8. The molecule has 2 rings (SSSR count). The third-order valence-electron chi connectivity index (χ3n) is 2.77. The molecule has 7 heteroatoms. The lowest BCUT2D eigenvalue weighted by atomic mass is 10.1. The minimum Gasteiger partial charge on any atom is -0.465 e. The highest BCUT2D eigenvalue weighted by molar-refractivity contribution is 7.92. The van der Waals surface area contributed by atoms with Crippen LogP contribution in [0, 0.1) is 0 Å². The van der Waals surface area contributed by atoms with Gasteiger partial charge in [0.25, 0.3) is 0 Å². The van der Waals surface area contributed by atoms with E-state index in [9.17, 15) is 13.2 Å². The Morgan fingerprint density at radius 2 is 2.10 bits per heavy atom. The smallest absolute Gasteiger partial charge is 0.342 e. The molecule has 0 bridgehead atoms. The number of fused-ring (bicyclic) bond motifs is 1. The quantitative estimate of drug-likeness (QED) is 0.874. The first-order valence-corrected chi connectivity index (χ1v) is 7.86. The van der Waals surface area contributed by atoms with Crippen LogP contribution in [0.3, 0.4) is 0 Å². The number of carbonyl (C=O) groups excluding carboxylic acids is 1. The van der Waals surface area contributed by atoms with Gasteiger partial charge in [-0.25, -0.2) is 13.2 Å². The van der Waals surface area contributed by atoms with E-state index in [0.717, 1.165) is 6.26 Å². The number of esters is 1. The van der Waals surface area contributed by atoms with Crippen LogP contribution in [0.15, 0.2) is 22.6 Å². The summed E-state index contributed by atoms with van der Waals surface area (Å²) in [5.74, 6) is 0.0143. The number of anilines is 1. The van der Waals surface area contributed by atoms with E-state index in [1.807, 2.05) is 6.92 Å². The molecule has 20 heavy (non-hydrogen) atoms. The second-order valence-electron chi connectivity index (χ2n) is 4.33. The van der Waals surface area contributed by atoms with Gasteiger partial charge in [0.2, 0.25) is 10.0 Å². The molecule has 0 fully saturated rings. The number of rotatable bonds is 4. The Morgan fingerprint density at radius 3 is 2.65 bits per heavy atom. The molecule has 0 saturated carbocycles. The van der Waals surface area contributed by atoms with E-state index in [0.29, 0.717) is 34.4 Å². The minimum absolute atomic E-state index is 0.335. The molecular formula is C13H15NO5S. The Morgan fingerprint density at radius 1 is 1.40 bits per heavy atom. The van der Waals surface area contributed by atoms with Crippen LogP contribution in [0.1, 0.15) is 23.0 Å². The monoisotopic (exact) mass is 297 g/mol. The lowest BCUT2D eigenvalue weighted by molar-refractivity contribution is 0.0600. The number of nitrogens with one attached hydrogen (secondary N) is 1. The number of hydrogen-bond acceptors (Lipinski definition) is 5. The fourth-order valence-electron chi connectivity index (χ4n) is 2.00. The molecule has 1 N–H and O–H groups in total. The van der Waals surface area contributed by atoms with Gasteiger partial charge in [-0.1, -0.05) is 6.92 Å². The maximum Gasteiger partial charge on any atom is 0.342 e. The molecule has 1 aromatic heterocycles. The van der Waals surface area contributed by atoms with Crippen LogP contribution in [0.4, 0.5) is 5.69 Å². The van der Waals surface area contributed by atoms with Crippen LogP contribution in [0.5, 0.6) is 0 Å². The fourth-order valence-corrected chi connectivity index (χ4v) is 2.56. The summed E-state index contributed by atoms with van der Waals surface area (Å²) in [6, 6.07) is 4.76. The highest BCUT2D eigenvalue weighted by atomic mass is 32.2. The second-order valence-corrected chi connectivity index (χ2v) is 6.08. The van der Waals surface area contributed by atoms with Gasteiger partial charge in [-0.2, -0.15) is 0 Å². The third-order valence-corrected chi connectivity index (χ3v) is 3.38. The molecule has 0 radical (unpaired) electrons. The molecular weight excluding hydrogens is 282 g/mol. The first-order valence-electron chi connectivity index (χ1n) is 5.97. The summed E-state index contributed by atoms with van der Waals surface area (Å²) >= 11 is 0. The fraction of sp³-hybridized carbons (Fsp3) is 0.308. The van der Waals surface area contributed by atoms with Gasteiger partial charge in [0.05, 0.1) is 13.4 Å². The van der Waals surface area contributed by atoms with Crippen molar-refractivity contribution in [1.29, 1.82) is 0 Å². The van der Waals surface area contributed by atoms with Crippen LogP contribution in [-0.2, 0) is 21.2 Å². The molecule has 0 amide bonds. The number of benzene rings is 1. The SMILES string of the molecule is CCc1oc2ccc(NS(C)(=O)=O)cc2c1C(=O)OC. The largest absolute Gasteiger partial charge is 0.465 e. The summed E-state index contributed by atoms with van der Waals surface area (Å²) in [7, 11) is -2.09. The molecule has 6 nitrogen and oxygen atoms in total. The first-order chi connectivity index (χ1) is 9.35. The van der Waals surface area contributed by atoms with E-state index in [1.165, 1.54) is 7.11 Å². The predicted molar refractivity (Wildman–Crippen MR) is 75.4 cm³/mol. The van der Waals surface area contributed by atoms with Gasteiger partial charge in [0.1, 0.15) is 16.9 Å². The molecule has 0 aliphatic rings. The van der Waals surface area contributed by atoms with Gasteiger partial charge in [-0.3, -0.25) is 4.72 Å². The van der Waals surface area contributed by atoms with Gasteiger partial charge in [0.15, 0.2) is 0 Å². The van der Waals surface area contributed by atoms with Crippen LogP contribution in [0.2, 0.25) is 0 Å². The molecule has 1 heterocycles. The van der Waals surface area contributed by atoms with Crippen molar-refractivity contribution >= 4 is 32.6 Å². The van der Waals surface area contributed by atoms with Gasteiger partial charge in [-0.15, -0.1) is 0 Å². The Hall–Kier alpha value is -2.02. The van der Waals surface area contributed by atoms with Crippen LogP contribution < -0.4 is 4.72 Å². The molecule has 0 aliphatic carbocycles. The molecule has 0 saturated heterocycles. The molecule has 0 spiro atoms. The number of methoxy groups -OCH3 is 1. The average molecular weight is 297 g/mol. The number of furan rings is 1. The summed E-state index contributed by atoms with van der Waals surface area (Å²) in [5.41, 5.74) is 1.22. The van der Waals surface area contributed by atoms with Crippen molar-refractivity contribution in [2.24, 2.45) is 0 Å². The lowest BCUT2D eigenvalue weighted by Crippen LogP contribution is -2.09. The van der Waals surface area contributed by atoms with E-state index < -0.39 is 16.0 Å². The summed E-state index contributed by atoms with van der Waals surface area (Å²) < 4.78 is 35.2. The molecule has 0 unspecified atom stereocenters. The van der Waals surface area contributed by atoms with E-state index in [-0.39, 0.29) is 0 Å². The van der Waals surface area contributed by atoms with E-state index >= 15 is 0 Å². The molecule has 108 valence electrons. The topological polar surface area (TPSA) is 85.6 Å². The number of carbonyl (C=O) groups is 1. The van der Waals surface area contributed by atoms with Crippen molar-refractivity contribution in [3.8, 4) is 0 Å². The Bertz CT molecular complexity index is 760. The average Bonchev–Trinajstić information content (AvgIpc) is 2.73. The van der Waals surface area contributed by atoms with Crippen LogP contribution >= 0.6 is 0 Å². The highest BCUT2D eigenvalue weighted by Crippen LogP contribution is 2.29. The zero-order valence-corrected chi connectivity index (χ0v) is 12.2. The van der Waals surface area contributed by atoms with Crippen LogP contribution in [-0.4, -0.2) is 27.8 Å². The van der Waals surface area contributed by atoms with Crippen molar-refractivity contribution in [2.45, 2.75) is 13.3 Å². The Balaban J connectivity index is 2.63. The number of aryl methyl sites for hydroxylation is 1. The van der Waals surface area contributed by atoms with Crippen molar-refractivity contribution in [3.05, 3.63) is 29.5 Å². The summed E-state index contributed by atoms with van der Waals surface area (Å²) in [5, 5.41) is 0.530. The zero-order chi connectivity index (χ0) is 14.9. The maximum atomic E-state index is 11.8. The number of ether oxygens (including phenoxy) is 1. The van der Waals surface area contributed by atoms with Crippen molar-refractivity contribution in [1.82, 2.24) is 0 Å². The Kier molecular flexibility index (Phi) is 3.71. The van der Waals surface area contributed by atoms with E-state index in [2.05, 4.69) is 4.72 Å². The van der Waals surface area contributed by atoms with Gasteiger partial charge < -0.3 is 9.15 Å². The first kappa shape index (κ1) is 14.4. The van der Waals surface area contributed by atoms with E-state index in [4.69, 9.17) is 9.15 Å².